The molecule has 0 saturated heterocycles. The zero-order chi connectivity index (χ0) is 18.0. The second-order valence-electron chi connectivity index (χ2n) is 5.90. The van der Waals surface area contributed by atoms with Crippen LogP contribution in [0.5, 0.6) is 5.75 Å². The van der Waals surface area contributed by atoms with Gasteiger partial charge in [0.25, 0.3) is 5.91 Å². The standard InChI is InChI=1S/C19H20N2O3S/c1-3-15-13-8-10-25-17(13)7-9-21(15)19(24)14-11-12(5-6-16(14)22)20-18(23)4-2/h4-6,8,10-11,15,22H,2-3,7,9H2,1H3,(H,20,23). The van der Waals surface area contributed by atoms with Gasteiger partial charge in [0, 0.05) is 17.1 Å². The maximum Gasteiger partial charge on any atom is 0.258 e. The normalized spacial score (nSPS) is 16.2. The Bertz CT molecular complexity index is 828. The molecule has 0 saturated carbocycles. The second kappa shape index (κ2) is 7.11. The molecule has 2 aromatic rings. The van der Waals surface area contributed by atoms with Crippen molar-refractivity contribution in [2.45, 2.75) is 25.8 Å². The van der Waals surface area contributed by atoms with E-state index in [0.717, 1.165) is 18.9 Å². The van der Waals surface area contributed by atoms with Crippen molar-refractivity contribution in [1.82, 2.24) is 4.90 Å². The molecule has 1 aromatic heterocycles. The summed E-state index contributed by atoms with van der Waals surface area (Å²) in [7, 11) is 0. The summed E-state index contributed by atoms with van der Waals surface area (Å²) in [6, 6.07) is 6.57. The molecular formula is C19H20N2O3S. The lowest BCUT2D eigenvalue weighted by Crippen LogP contribution is -2.39. The van der Waals surface area contributed by atoms with E-state index in [-0.39, 0.29) is 29.2 Å². The van der Waals surface area contributed by atoms with Crippen molar-refractivity contribution in [3.8, 4) is 5.75 Å². The van der Waals surface area contributed by atoms with E-state index in [0.29, 0.717) is 12.2 Å². The average molecular weight is 356 g/mol. The zero-order valence-electron chi connectivity index (χ0n) is 14.0. The number of carbonyl (C=O) groups is 2. The summed E-state index contributed by atoms with van der Waals surface area (Å²) in [5.41, 5.74) is 1.84. The number of phenols is 1. The average Bonchev–Trinajstić information content (AvgIpc) is 3.10. The minimum atomic E-state index is -0.364. The Morgan fingerprint density at radius 1 is 1.44 bits per heavy atom. The van der Waals surface area contributed by atoms with Gasteiger partial charge in [-0.1, -0.05) is 13.5 Å². The number of hydrogen-bond acceptors (Lipinski definition) is 4. The van der Waals surface area contributed by atoms with Crippen LogP contribution in [0, 0.1) is 0 Å². The van der Waals surface area contributed by atoms with Gasteiger partial charge in [-0.25, -0.2) is 0 Å². The fraction of sp³-hybridized carbons (Fsp3) is 0.263. The summed E-state index contributed by atoms with van der Waals surface area (Å²) in [5.74, 6) is -0.681. The van der Waals surface area contributed by atoms with E-state index < -0.39 is 0 Å². The smallest absolute Gasteiger partial charge is 0.258 e. The highest BCUT2D eigenvalue weighted by molar-refractivity contribution is 7.10. The van der Waals surface area contributed by atoms with Crippen molar-refractivity contribution in [3.63, 3.8) is 0 Å². The van der Waals surface area contributed by atoms with Gasteiger partial charge in [-0.15, -0.1) is 11.3 Å². The van der Waals surface area contributed by atoms with Crippen LogP contribution < -0.4 is 5.32 Å². The number of anilines is 1. The Morgan fingerprint density at radius 2 is 2.24 bits per heavy atom. The van der Waals surface area contributed by atoms with Gasteiger partial charge >= 0.3 is 0 Å². The number of amides is 2. The molecular weight excluding hydrogens is 336 g/mol. The summed E-state index contributed by atoms with van der Waals surface area (Å²) in [4.78, 5) is 27.7. The quantitative estimate of drug-likeness (QED) is 0.648. The van der Waals surface area contributed by atoms with Crippen LogP contribution in [-0.2, 0) is 11.2 Å². The lowest BCUT2D eigenvalue weighted by Gasteiger charge is -2.35. The third-order valence-corrected chi connectivity index (χ3v) is 5.42. The topological polar surface area (TPSA) is 69.6 Å². The minimum absolute atomic E-state index is 0.00771. The number of fused-ring (bicyclic) bond motifs is 1. The predicted octanol–water partition coefficient (Wildman–Crippen LogP) is 3.73. The Hall–Kier alpha value is -2.60. The van der Waals surface area contributed by atoms with Gasteiger partial charge in [0.05, 0.1) is 11.6 Å². The van der Waals surface area contributed by atoms with Gasteiger partial charge < -0.3 is 15.3 Å². The number of benzene rings is 1. The monoisotopic (exact) mass is 356 g/mol. The van der Waals surface area contributed by atoms with Crippen LogP contribution in [0.15, 0.2) is 42.3 Å². The van der Waals surface area contributed by atoms with Crippen molar-refractivity contribution >= 4 is 28.8 Å². The van der Waals surface area contributed by atoms with E-state index >= 15 is 0 Å². The predicted molar refractivity (Wildman–Crippen MR) is 99.0 cm³/mol. The summed E-state index contributed by atoms with van der Waals surface area (Å²) >= 11 is 1.72. The molecule has 5 nitrogen and oxygen atoms in total. The SMILES string of the molecule is C=CC(=O)Nc1ccc(O)c(C(=O)N2CCc3sccc3C2CC)c1. The molecule has 1 aliphatic heterocycles. The third kappa shape index (κ3) is 3.30. The van der Waals surface area contributed by atoms with Gasteiger partial charge in [0.15, 0.2) is 0 Å². The molecule has 2 amide bonds. The number of phenolic OH excluding ortho intramolecular Hbond substituents is 1. The maximum atomic E-state index is 13.1. The molecule has 0 fully saturated rings. The van der Waals surface area contributed by atoms with Crippen LogP contribution in [0.3, 0.4) is 0 Å². The Balaban J connectivity index is 1.91. The van der Waals surface area contributed by atoms with Gasteiger partial charge in [-0.2, -0.15) is 0 Å². The fourth-order valence-electron chi connectivity index (χ4n) is 3.21. The summed E-state index contributed by atoms with van der Waals surface area (Å²) in [6.45, 7) is 6.08. The molecule has 25 heavy (non-hydrogen) atoms. The molecule has 1 atom stereocenters. The number of rotatable bonds is 4. The maximum absolute atomic E-state index is 13.1. The largest absolute Gasteiger partial charge is 0.507 e. The first kappa shape index (κ1) is 17.2. The number of aromatic hydroxyl groups is 1. The number of hydrogen-bond donors (Lipinski definition) is 2. The highest BCUT2D eigenvalue weighted by Crippen LogP contribution is 2.37. The summed E-state index contributed by atoms with van der Waals surface area (Å²) in [6.07, 6.45) is 2.79. The molecule has 1 unspecified atom stereocenters. The second-order valence-corrected chi connectivity index (χ2v) is 6.90. The summed E-state index contributed by atoms with van der Waals surface area (Å²) < 4.78 is 0. The van der Waals surface area contributed by atoms with Crippen LogP contribution in [-0.4, -0.2) is 28.4 Å². The first-order valence-corrected chi connectivity index (χ1v) is 9.06. The van der Waals surface area contributed by atoms with Crippen LogP contribution in [0.4, 0.5) is 5.69 Å². The Labute approximate surface area is 150 Å². The molecule has 6 heteroatoms. The molecule has 0 bridgehead atoms. The van der Waals surface area contributed by atoms with E-state index in [1.807, 2.05) is 4.90 Å². The molecule has 130 valence electrons. The van der Waals surface area contributed by atoms with Gasteiger partial charge in [-0.3, -0.25) is 9.59 Å². The molecule has 0 aliphatic carbocycles. The number of carbonyl (C=O) groups excluding carboxylic acids is 2. The van der Waals surface area contributed by atoms with E-state index in [1.54, 1.807) is 17.4 Å². The summed E-state index contributed by atoms with van der Waals surface area (Å²) in [5, 5.41) is 14.8. The first-order chi connectivity index (χ1) is 12.0. The number of thiophene rings is 1. The molecule has 0 spiro atoms. The van der Waals surface area contributed by atoms with Crippen molar-refractivity contribution in [2.24, 2.45) is 0 Å². The van der Waals surface area contributed by atoms with Gasteiger partial charge in [0.2, 0.25) is 5.91 Å². The van der Waals surface area contributed by atoms with Crippen molar-refractivity contribution < 1.29 is 14.7 Å². The Morgan fingerprint density at radius 3 is 2.96 bits per heavy atom. The lowest BCUT2D eigenvalue weighted by atomic mass is 9.96. The molecule has 2 N–H and O–H groups in total. The van der Waals surface area contributed by atoms with Crippen molar-refractivity contribution in [3.05, 3.63) is 58.3 Å². The number of nitrogens with one attached hydrogen (secondary N) is 1. The van der Waals surface area contributed by atoms with E-state index in [1.165, 1.54) is 22.6 Å². The van der Waals surface area contributed by atoms with Gasteiger partial charge in [0.1, 0.15) is 5.75 Å². The van der Waals surface area contributed by atoms with E-state index in [4.69, 9.17) is 0 Å². The van der Waals surface area contributed by atoms with E-state index in [2.05, 4.69) is 30.3 Å². The van der Waals surface area contributed by atoms with E-state index in [9.17, 15) is 14.7 Å². The molecule has 0 radical (unpaired) electrons. The fourth-order valence-corrected chi connectivity index (χ4v) is 4.14. The zero-order valence-corrected chi connectivity index (χ0v) is 14.8. The third-order valence-electron chi connectivity index (χ3n) is 4.42. The Kier molecular flexibility index (Phi) is 4.90. The molecule has 2 heterocycles. The molecule has 1 aromatic carbocycles. The van der Waals surface area contributed by atoms with Crippen molar-refractivity contribution in [2.75, 3.05) is 11.9 Å². The molecule has 3 rings (SSSR count). The van der Waals surface area contributed by atoms with Crippen LogP contribution in [0.1, 0.15) is 40.2 Å². The molecule has 1 aliphatic rings. The van der Waals surface area contributed by atoms with Crippen LogP contribution >= 0.6 is 11.3 Å². The first-order valence-electron chi connectivity index (χ1n) is 8.18. The van der Waals surface area contributed by atoms with Gasteiger partial charge in [-0.05, 0) is 54.1 Å². The highest BCUT2D eigenvalue weighted by atomic mass is 32.1. The minimum Gasteiger partial charge on any atom is -0.507 e. The van der Waals surface area contributed by atoms with Crippen LogP contribution in [0.2, 0.25) is 0 Å². The highest BCUT2D eigenvalue weighted by Gasteiger charge is 2.32. The number of nitrogens with zero attached hydrogens (tertiary/aromatic N) is 1. The lowest BCUT2D eigenvalue weighted by molar-refractivity contribution is -0.111. The van der Waals surface area contributed by atoms with Crippen molar-refractivity contribution in [1.29, 1.82) is 0 Å². The van der Waals surface area contributed by atoms with Crippen LogP contribution in [0.25, 0.3) is 0 Å².